The van der Waals surface area contributed by atoms with Crippen LogP contribution >= 0.6 is 11.3 Å². The van der Waals surface area contributed by atoms with Crippen LogP contribution < -0.4 is 5.32 Å². The quantitative estimate of drug-likeness (QED) is 0.938. The molecule has 0 atom stereocenters. The van der Waals surface area contributed by atoms with E-state index in [-0.39, 0.29) is 11.3 Å². The topological polar surface area (TPSA) is 38.3 Å². The van der Waals surface area contributed by atoms with Crippen molar-refractivity contribution in [3.8, 4) is 11.1 Å². The van der Waals surface area contributed by atoms with Gasteiger partial charge in [0.2, 0.25) is 0 Å². The summed E-state index contributed by atoms with van der Waals surface area (Å²) in [5.74, 6) is 0.00646. The molecule has 1 saturated heterocycles. The second-order valence-electron chi connectivity index (χ2n) is 5.52. The molecule has 1 aliphatic heterocycles. The first-order chi connectivity index (χ1) is 9.68. The molecule has 1 amide bonds. The van der Waals surface area contributed by atoms with Crippen LogP contribution in [0, 0.1) is 5.41 Å². The van der Waals surface area contributed by atoms with E-state index in [1.54, 1.807) is 0 Å². The molecule has 0 spiro atoms. The molecular formula is C16H17NO2S. The summed E-state index contributed by atoms with van der Waals surface area (Å²) in [4.78, 5) is 13.1. The maximum atomic E-state index is 12.3. The monoisotopic (exact) mass is 287 g/mol. The molecule has 1 N–H and O–H groups in total. The van der Waals surface area contributed by atoms with Crippen molar-refractivity contribution in [2.75, 3.05) is 19.8 Å². The Balaban J connectivity index is 1.74. The molecule has 3 nitrogen and oxygen atoms in total. The van der Waals surface area contributed by atoms with Gasteiger partial charge in [0.05, 0.1) is 18.1 Å². The number of ether oxygens (including phenoxy) is 1. The van der Waals surface area contributed by atoms with Gasteiger partial charge in [0, 0.05) is 17.5 Å². The Morgan fingerprint density at radius 2 is 2.05 bits per heavy atom. The van der Waals surface area contributed by atoms with Gasteiger partial charge in [-0.1, -0.05) is 37.3 Å². The van der Waals surface area contributed by atoms with E-state index < -0.39 is 0 Å². The molecule has 0 radical (unpaired) electrons. The molecule has 1 aliphatic rings. The molecule has 3 rings (SSSR count). The second-order valence-corrected chi connectivity index (χ2v) is 6.43. The van der Waals surface area contributed by atoms with Crippen molar-refractivity contribution < 1.29 is 9.53 Å². The fraction of sp³-hybridized carbons (Fsp3) is 0.312. The summed E-state index contributed by atoms with van der Waals surface area (Å²) in [6.07, 6.45) is 0. The molecule has 2 heterocycles. The molecule has 20 heavy (non-hydrogen) atoms. The van der Waals surface area contributed by atoms with Gasteiger partial charge in [-0.3, -0.25) is 4.79 Å². The Kier molecular flexibility index (Phi) is 3.59. The van der Waals surface area contributed by atoms with Crippen molar-refractivity contribution in [3.63, 3.8) is 0 Å². The lowest BCUT2D eigenvalue weighted by atomic mass is 9.89. The second kappa shape index (κ2) is 5.38. The Hall–Kier alpha value is -1.65. The van der Waals surface area contributed by atoms with Gasteiger partial charge in [-0.25, -0.2) is 0 Å². The van der Waals surface area contributed by atoms with Gasteiger partial charge in [-0.2, -0.15) is 0 Å². The molecule has 0 bridgehead atoms. The number of hydrogen-bond donors (Lipinski definition) is 1. The van der Waals surface area contributed by atoms with Crippen LogP contribution in [0.3, 0.4) is 0 Å². The minimum Gasteiger partial charge on any atom is -0.380 e. The number of benzene rings is 1. The number of carbonyl (C=O) groups is 1. The summed E-state index contributed by atoms with van der Waals surface area (Å²) in [5.41, 5.74) is 2.18. The van der Waals surface area contributed by atoms with Crippen LogP contribution in [0.5, 0.6) is 0 Å². The van der Waals surface area contributed by atoms with Crippen molar-refractivity contribution in [2.24, 2.45) is 5.41 Å². The van der Waals surface area contributed by atoms with E-state index in [1.807, 2.05) is 41.8 Å². The summed E-state index contributed by atoms with van der Waals surface area (Å²) in [7, 11) is 0. The average molecular weight is 287 g/mol. The molecule has 0 aliphatic carbocycles. The van der Waals surface area contributed by atoms with Gasteiger partial charge in [-0.15, -0.1) is 11.3 Å². The van der Waals surface area contributed by atoms with Crippen molar-refractivity contribution in [1.82, 2.24) is 5.32 Å². The zero-order chi connectivity index (χ0) is 14.0. The fourth-order valence-electron chi connectivity index (χ4n) is 2.26. The van der Waals surface area contributed by atoms with Crippen molar-refractivity contribution in [1.29, 1.82) is 0 Å². The van der Waals surface area contributed by atoms with Crippen molar-refractivity contribution in [2.45, 2.75) is 6.92 Å². The molecule has 1 aromatic carbocycles. The number of rotatable bonds is 4. The molecule has 2 aromatic rings. The van der Waals surface area contributed by atoms with Crippen molar-refractivity contribution >= 4 is 17.2 Å². The van der Waals surface area contributed by atoms with Crippen LogP contribution in [0.4, 0.5) is 0 Å². The zero-order valence-corrected chi connectivity index (χ0v) is 12.2. The SMILES string of the molecule is CC1(CNC(=O)c2sccc2-c2ccccc2)COC1. The first-order valence-corrected chi connectivity index (χ1v) is 7.55. The standard InChI is InChI=1S/C16H17NO2S/c1-16(10-19-11-16)9-17-15(18)14-13(7-8-20-14)12-5-3-2-4-6-12/h2-8H,9-11H2,1H3,(H,17,18). The van der Waals surface area contributed by atoms with E-state index in [0.717, 1.165) is 29.2 Å². The van der Waals surface area contributed by atoms with E-state index in [0.29, 0.717) is 6.54 Å². The maximum absolute atomic E-state index is 12.3. The normalized spacial score (nSPS) is 16.4. The first-order valence-electron chi connectivity index (χ1n) is 6.67. The van der Waals surface area contributed by atoms with Crippen LogP contribution in [0.1, 0.15) is 16.6 Å². The molecular weight excluding hydrogens is 270 g/mol. The van der Waals surface area contributed by atoms with Crippen LogP contribution in [-0.2, 0) is 4.74 Å². The summed E-state index contributed by atoms with van der Waals surface area (Å²) in [5, 5.41) is 4.99. The number of hydrogen-bond acceptors (Lipinski definition) is 3. The summed E-state index contributed by atoms with van der Waals surface area (Å²) < 4.78 is 5.21. The van der Waals surface area contributed by atoms with Gasteiger partial charge in [0.25, 0.3) is 5.91 Å². The maximum Gasteiger partial charge on any atom is 0.262 e. The minimum atomic E-state index is 0.00646. The van der Waals surface area contributed by atoms with Gasteiger partial charge < -0.3 is 10.1 Å². The summed E-state index contributed by atoms with van der Waals surface area (Å²) >= 11 is 1.49. The Morgan fingerprint density at radius 3 is 2.70 bits per heavy atom. The fourth-order valence-corrected chi connectivity index (χ4v) is 3.09. The molecule has 4 heteroatoms. The highest BCUT2D eigenvalue weighted by Gasteiger charge is 2.33. The van der Waals surface area contributed by atoms with Gasteiger partial charge in [0.1, 0.15) is 0 Å². The van der Waals surface area contributed by atoms with Crippen LogP contribution in [0.2, 0.25) is 0 Å². The van der Waals surface area contributed by atoms with Gasteiger partial charge in [-0.05, 0) is 17.0 Å². The lowest BCUT2D eigenvalue weighted by molar-refractivity contribution is -0.0978. The summed E-state index contributed by atoms with van der Waals surface area (Å²) in [6.45, 7) is 4.24. The van der Waals surface area contributed by atoms with Crippen LogP contribution in [0.15, 0.2) is 41.8 Å². The highest BCUT2D eigenvalue weighted by molar-refractivity contribution is 7.12. The minimum absolute atomic E-state index is 0.00646. The molecule has 0 unspecified atom stereocenters. The van der Waals surface area contributed by atoms with Gasteiger partial charge >= 0.3 is 0 Å². The number of amides is 1. The van der Waals surface area contributed by atoms with Crippen LogP contribution in [-0.4, -0.2) is 25.7 Å². The smallest absolute Gasteiger partial charge is 0.262 e. The lowest BCUT2D eigenvalue weighted by Gasteiger charge is -2.37. The molecule has 1 aromatic heterocycles. The largest absolute Gasteiger partial charge is 0.380 e. The summed E-state index contributed by atoms with van der Waals surface area (Å²) in [6, 6.07) is 12.0. The predicted molar refractivity (Wildman–Crippen MR) is 81.0 cm³/mol. The molecule has 0 saturated carbocycles. The van der Waals surface area contributed by atoms with E-state index >= 15 is 0 Å². The third-order valence-corrected chi connectivity index (χ3v) is 4.45. The van der Waals surface area contributed by atoms with Crippen LogP contribution in [0.25, 0.3) is 11.1 Å². The third-order valence-electron chi connectivity index (χ3n) is 3.53. The average Bonchev–Trinajstić information content (AvgIpc) is 2.93. The number of carbonyl (C=O) groups excluding carboxylic acids is 1. The third kappa shape index (κ3) is 2.62. The zero-order valence-electron chi connectivity index (χ0n) is 11.4. The molecule has 104 valence electrons. The number of nitrogens with one attached hydrogen (secondary N) is 1. The van der Waals surface area contributed by atoms with E-state index in [9.17, 15) is 4.79 Å². The Labute approximate surface area is 122 Å². The number of thiophene rings is 1. The Morgan fingerprint density at radius 1 is 1.30 bits per heavy atom. The van der Waals surface area contributed by atoms with Gasteiger partial charge in [0.15, 0.2) is 0 Å². The van der Waals surface area contributed by atoms with Crippen molar-refractivity contribution in [3.05, 3.63) is 46.7 Å². The highest BCUT2D eigenvalue weighted by Crippen LogP contribution is 2.29. The molecule has 1 fully saturated rings. The Bertz CT molecular complexity index is 602. The van der Waals surface area contributed by atoms with E-state index in [2.05, 4.69) is 12.2 Å². The highest BCUT2D eigenvalue weighted by atomic mass is 32.1. The predicted octanol–water partition coefficient (Wildman–Crippen LogP) is 3.18. The van der Waals surface area contributed by atoms with E-state index in [1.165, 1.54) is 11.3 Å². The lowest BCUT2D eigenvalue weighted by Crippen LogP contribution is -2.48. The van der Waals surface area contributed by atoms with E-state index in [4.69, 9.17) is 4.74 Å². The first kappa shape index (κ1) is 13.3.